The smallest absolute Gasteiger partial charge is 0.191 e. The Morgan fingerprint density at radius 1 is 1.32 bits per heavy atom. The minimum atomic E-state index is -2.94. The van der Waals surface area contributed by atoms with E-state index in [0.29, 0.717) is 18.9 Å². The molecule has 1 rings (SSSR count). The van der Waals surface area contributed by atoms with Crippen molar-refractivity contribution in [2.75, 3.05) is 37.5 Å². The van der Waals surface area contributed by atoms with Crippen LogP contribution in [0.5, 0.6) is 0 Å². The number of sulfone groups is 1. The van der Waals surface area contributed by atoms with Crippen LogP contribution in [0.1, 0.15) is 25.8 Å². The monoisotopic (exact) mass is 482 g/mol. The molecule has 1 aromatic rings. The van der Waals surface area contributed by atoms with E-state index in [1.54, 1.807) is 0 Å². The molecule has 0 aliphatic rings. The third-order valence-corrected chi connectivity index (χ3v) is 4.47. The average Bonchev–Trinajstić information content (AvgIpc) is 2.50. The fourth-order valence-corrected chi connectivity index (χ4v) is 2.90. The van der Waals surface area contributed by atoms with Gasteiger partial charge in [0.1, 0.15) is 9.84 Å². The number of halogens is 1. The van der Waals surface area contributed by atoms with Crippen molar-refractivity contribution in [1.82, 2.24) is 10.6 Å². The molecule has 8 heteroatoms. The normalized spacial score (nSPS) is 12.9. The second-order valence-corrected chi connectivity index (χ2v) is 8.48. The van der Waals surface area contributed by atoms with Gasteiger partial charge in [0.2, 0.25) is 0 Å². The van der Waals surface area contributed by atoms with Crippen molar-refractivity contribution in [3.8, 4) is 0 Å². The summed E-state index contributed by atoms with van der Waals surface area (Å²) < 4.78 is 22.5. The molecule has 0 aromatic heterocycles. The fourth-order valence-electron chi connectivity index (χ4n) is 2.12. The number of anilines is 1. The Kier molecular flexibility index (Phi) is 11.1. The quantitative estimate of drug-likeness (QED) is 0.338. The van der Waals surface area contributed by atoms with E-state index in [2.05, 4.69) is 32.7 Å². The standard InChI is InChI=1S/C17H30N4O2S.HI/c1-6-18-17(20-14(2)10-11-24(5,22)23)19-13-15-8-7-9-16(12-15)21(3)4;/h7-9,12,14H,6,10-11,13H2,1-5H3,(H2,18,19,20);1H. The summed E-state index contributed by atoms with van der Waals surface area (Å²) in [4.78, 5) is 6.65. The summed E-state index contributed by atoms with van der Waals surface area (Å²) in [7, 11) is 1.08. The summed E-state index contributed by atoms with van der Waals surface area (Å²) in [6, 6.07) is 8.28. The predicted octanol–water partition coefficient (Wildman–Crippen LogP) is 2.25. The maximum absolute atomic E-state index is 11.3. The number of rotatable bonds is 8. The second kappa shape index (κ2) is 11.6. The van der Waals surface area contributed by atoms with Crippen LogP contribution in [0.4, 0.5) is 5.69 Å². The molecule has 0 aliphatic carbocycles. The van der Waals surface area contributed by atoms with Gasteiger partial charge in [0.15, 0.2) is 5.96 Å². The number of hydrogen-bond acceptors (Lipinski definition) is 4. The summed E-state index contributed by atoms with van der Waals surface area (Å²) >= 11 is 0. The zero-order valence-electron chi connectivity index (χ0n) is 15.7. The number of nitrogens with zero attached hydrogens (tertiary/aromatic N) is 2. The zero-order valence-corrected chi connectivity index (χ0v) is 18.9. The third kappa shape index (κ3) is 10.5. The fraction of sp³-hybridized carbons (Fsp3) is 0.588. The van der Waals surface area contributed by atoms with Gasteiger partial charge in [-0.3, -0.25) is 0 Å². The van der Waals surface area contributed by atoms with E-state index in [-0.39, 0.29) is 35.8 Å². The first-order valence-corrected chi connectivity index (χ1v) is 10.3. The molecule has 0 saturated carbocycles. The van der Waals surface area contributed by atoms with Crippen molar-refractivity contribution in [2.45, 2.75) is 32.9 Å². The van der Waals surface area contributed by atoms with E-state index in [4.69, 9.17) is 0 Å². The lowest BCUT2D eigenvalue weighted by atomic mass is 10.2. The molecule has 6 nitrogen and oxygen atoms in total. The molecular weight excluding hydrogens is 451 g/mol. The first kappa shape index (κ1) is 24.0. The lowest BCUT2D eigenvalue weighted by Gasteiger charge is -2.18. The van der Waals surface area contributed by atoms with E-state index in [9.17, 15) is 8.42 Å². The molecule has 1 atom stereocenters. The Balaban J connectivity index is 0.00000576. The van der Waals surface area contributed by atoms with E-state index < -0.39 is 9.84 Å². The molecule has 0 spiro atoms. The third-order valence-electron chi connectivity index (χ3n) is 3.50. The van der Waals surface area contributed by atoms with Crippen molar-refractivity contribution in [3.63, 3.8) is 0 Å². The minimum absolute atomic E-state index is 0. The molecule has 0 saturated heterocycles. The first-order valence-electron chi connectivity index (χ1n) is 8.20. The van der Waals surface area contributed by atoms with Gasteiger partial charge in [-0.2, -0.15) is 0 Å². The lowest BCUT2D eigenvalue weighted by molar-refractivity contribution is 0.581. The molecule has 0 aliphatic heterocycles. The van der Waals surface area contributed by atoms with Crippen LogP contribution < -0.4 is 15.5 Å². The van der Waals surface area contributed by atoms with Crippen molar-refractivity contribution in [1.29, 1.82) is 0 Å². The van der Waals surface area contributed by atoms with Crippen LogP contribution in [0.25, 0.3) is 0 Å². The molecule has 0 fully saturated rings. The highest BCUT2D eigenvalue weighted by Crippen LogP contribution is 2.14. The summed E-state index contributed by atoms with van der Waals surface area (Å²) in [6.07, 6.45) is 1.82. The van der Waals surface area contributed by atoms with E-state index in [1.807, 2.05) is 40.1 Å². The van der Waals surface area contributed by atoms with Crippen molar-refractivity contribution >= 4 is 45.5 Å². The van der Waals surface area contributed by atoms with Crippen molar-refractivity contribution < 1.29 is 8.42 Å². The minimum Gasteiger partial charge on any atom is -0.378 e. The Morgan fingerprint density at radius 3 is 2.56 bits per heavy atom. The lowest BCUT2D eigenvalue weighted by Crippen LogP contribution is -2.42. The Morgan fingerprint density at radius 2 is 2.00 bits per heavy atom. The topological polar surface area (TPSA) is 73.8 Å². The predicted molar refractivity (Wildman–Crippen MR) is 118 cm³/mol. The van der Waals surface area contributed by atoms with Gasteiger partial charge in [-0.25, -0.2) is 13.4 Å². The zero-order chi connectivity index (χ0) is 18.2. The molecular formula is C17H31IN4O2S. The van der Waals surface area contributed by atoms with Gasteiger partial charge in [0, 0.05) is 38.6 Å². The Labute approximate surface area is 169 Å². The highest BCUT2D eigenvalue weighted by atomic mass is 127. The molecule has 0 heterocycles. The number of guanidine groups is 1. The van der Waals surface area contributed by atoms with E-state index >= 15 is 0 Å². The first-order chi connectivity index (χ1) is 11.2. The molecule has 2 N–H and O–H groups in total. The number of benzene rings is 1. The largest absolute Gasteiger partial charge is 0.378 e. The second-order valence-electron chi connectivity index (χ2n) is 6.22. The van der Waals surface area contributed by atoms with Gasteiger partial charge in [-0.05, 0) is 38.0 Å². The SMILES string of the molecule is CCNC(=NCc1cccc(N(C)C)c1)NC(C)CCS(C)(=O)=O.I. The number of aliphatic imine (C=N–C) groups is 1. The number of nitrogens with one attached hydrogen (secondary N) is 2. The van der Waals surface area contributed by atoms with Crippen LogP contribution >= 0.6 is 24.0 Å². The summed E-state index contributed by atoms with van der Waals surface area (Å²) in [5, 5.41) is 6.46. The van der Waals surface area contributed by atoms with E-state index in [1.165, 1.54) is 6.26 Å². The van der Waals surface area contributed by atoms with Gasteiger partial charge in [-0.1, -0.05) is 12.1 Å². The van der Waals surface area contributed by atoms with Gasteiger partial charge in [0.05, 0.1) is 12.3 Å². The van der Waals surface area contributed by atoms with Gasteiger partial charge < -0.3 is 15.5 Å². The van der Waals surface area contributed by atoms with Crippen LogP contribution in [-0.4, -0.2) is 53.1 Å². The highest BCUT2D eigenvalue weighted by Gasteiger charge is 2.09. The maximum Gasteiger partial charge on any atom is 0.191 e. The molecule has 0 radical (unpaired) electrons. The van der Waals surface area contributed by atoms with E-state index in [0.717, 1.165) is 17.8 Å². The van der Waals surface area contributed by atoms with Crippen LogP contribution in [0.2, 0.25) is 0 Å². The molecule has 25 heavy (non-hydrogen) atoms. The molecule has 0 bridgehead atoms. The van der Waals surface area contributed by atoms with Crippen LogP contribution in [-0.2, 0) is 16.4 Å². The Bertz CT molecular complexity index is 648. The molecule has 0 amide bonds. The Hall–Kier alpha value is -1.03. The molecule has 1 aromatic carbocycles. The molecule has 1 unspecified atom stereocenters. The van der Waals surface area contributed by atoms with Crippen LogP contribution in [0.15, 0.2) is 29.3 Å². The highest BCUT2D eigenvalue weighted by molar-refractivity contribution is 14.0. The van der Waals surface area contributed by atoms with Crippen LogP contribution in [0.3, 0.4) is 0 Å². The number of hydrogen-bond donors (Lipinski definition) is 2. The maximum atomic E-state index is 11.3. The summed E-state index contributed by atoms with van der Waals surface area (Å²) in [6.45, 7) is 5.29. The van der Waals surface area contributed by atoms with Crippen LogP contribution in [0, 0.1) is 0 Å². The van der Waals surface area contributed by atoms with Gasteiger partial charge in [-0.15, -0.1) is 24.0 Å². The summed E-state index contributed by atoms with van der Waals surface area (Å²) in [5.41, 5.74) is 2.27. The average molecular weight is 482 g/mol. The van der Waals surface area contributed by atoms with Crippen molar-refractivity contribution in [2.24, 2.45) is 4.99 Å². The molecule has 144 valence electrons. The van der Waals surface area contributed by atoms with Crippen molar-refractivity contribution in [3.05, 3.63) is 29.8 Å². The summed E-state index contributed by atoms with van der Waals surface area (Å²) in [5.74, 6) is 0.875. The van der Waals surface area contributed by atoms with Gasteiger partial charge >= 0.3 is 0 Å². The van der Waals surface area contributed by atoms with Gasteiger partial charge in [0.25, 0.3) is 0 Å².